The smallest absolute Gasteiger partial charge is 0.261 e. The molecule has 5 aromatic rings. The van der Waals surface area contributed by atoms with Gasteiger partial charge in [0.1, 0.15) is 18.7 Å². The fourth-order valence-corrected chi connectivity index (χ4v) is 3.25. The SMILES string of the molecule is COc1ccnc(OCc2c(-c3nc(-c4cccc(Cn5cnnn5)c4)no3)cnn2C)c1. The van der Waals surface area contributed by atoms with Gasteiger partial charge in [0.15, 0.2) is 0 Å². The van der Waals surface area contributed by atoms with Crippen LogP contribution in [0.15, 0.2) is 59.6 Å². The number of nitrogens with zero attached hydrogens (tertiary/aromatic N) is 9. The van der Waals surface area contributed by atoms with Gasteiger partial charge in [-0.3, -0.25) is 4.68 Å². The molecule has 4 heterocycles. The van der Waals surface area contributed by atoms with Crippen LogP contribution in [0.4, 0.5) is 0 Å². The van der Waals surface area contributed by atoms with E-state index in [1.165, 1.54) is 0 Å². The Morgan fingerprint density at radius 1 is 1.15 bits per heavy atom. The average Bonchev–Trinajstić information content (AvgIpc) is 3.60. The van der Waals surface area contributed by atoms with E-state index in [0.29, 0.717) is 35.5 Å². The molecule has 33 heavy (non-hydrogen) atoms. The van der Waals surface area contributed by atoms with Crippen LogP contribution >= 0.6 is 0 Å². The van der Waals surface area contributed by atoms with E-state index in [0.717, 1.165) is 16.8 Å². The lowest BCUT2D eigenvalue weighted by Crippen LogP contribution is -2.05. The second-order valence-electron chi connectivity index (χ2n) is 7.08. The third-order valence-corrected chi connectivity index (χ3v) is 4.94. The number of methoxy groups -OCH3 is 1. The molecule has 0 spiro atoms. The van der Waals surface area contributed by atoms with Crippen molar-refractivity contribution in [3.63, 3.8) is 0 Å². The zero-order valence-electron chi connectivity index (χ0n) is 17.9. The summed E-state index contributed by atoms with van der Waals surface area (Å²) in [6.07, 6.45) is 4.85. The largest absolute Gasteiger partial charge is 0.497 e. The molecule has 0 saturated carbocycles. The summed E-state index contributed by atoms with van der Waals surface area (Å²) in [5.41, 5.74) is 3.27. The first-order chi connectivity index (χ1) is 16.2. The van der Waals surface area contributed by atoms with Gasteiger partial charge in [-0.05, 0) is 28.1 Å². The molecule has 5 rings (SSSR count). The van der Waals surface area contributed by atoms with Crippen molar-refractivity contribution in [2.24, 2.45) is 7.05 Å². The van der Waals surface area contributed by atoms with Crippen molar-refractivity contribution in [2.75, 3.05) is 7.11 Å². The van der Waals surface area contributed by atoms with E-state index in [2.05, 4.69) is 35.7 Å². The summed E-state index contributed by atoms with van der Waals surface area (Å²) >= 11 is 0. The van der Waals surface area contributed by atoms with Crippen molar-refractivity contribution in [2.45, 2.75) is 13.2 Å². The molecule has 0 aliphatic rings. The first-order valence-electron chi connectivity index (χ1n) is 9.97. The molecule has 4 aromatic heterocycles. The zero-order valence-corrected chi connectivity index (χ0v) is 17.9. The van der Waals surface area contributed by atoms with Gasteiger partial charge in [0, 0.05) is 24.9 Å². The molecule has 0 aliphatic carbocycles. The van der Waals surface area contributed by atoms with E-state index in [4.69, 9.17) is 14.0 Å². The maximum absolute atomic E-state index is 5.83. The van der Waals surface area contributed by atoms with E-state index in [9.17, 15) is 0 Å². The van der Waals surface area contributed by atoms with Crippen LogP contribution in [0.25, 0.3) is 22.8 Å². The van der Waals surface area contributed by atoms with E-state index >= 15 is 0 Å². The number of ether oxygens (including phenoxy) is 2. The molecule has 0 bridgehead atoms. The standard InChI is InChI=1S/C21H19N9O3/c1-29-18(12-32-19-9-16(31-2)6-7-22-19)17(10-24-29)21-25-20(26-33-21)15-5-3-4-14(8-15)11-30-13-23-27-28-30/h3-10,13H,11-12H2,1-2H3. The van der Waals surface area contributed by atoms with Gasteiger partial charge in [-0.2, -0.15) is 10.1 Å². The molecular weight excluding hydrogens is 426 g/mol. The predicted molar refractivity (Wildman–Crippen MR) is 114 cm³/mol. The Morgan fingerprint density at radius 2 is 2.09 bits per heavy atom. The van der Waals surface area contributed by atoms with Crippen molar-refractivity contribution < 1.29 is 14.0 Å². The van der Waals surface area contributed by atoms with E-state index in [-0.39, 0.29) is 6.61 Å². The summed E-state index contributed by atoms with van der Waals surface area (Å²) in [4.78, 5) is 8.78. The van der Waals surface area contributed by atoms with E-state index in [1.54, 1.807) is 47.3 Å². The van der Waals surface area contributed by atoms with Gasteiger partial charge in [0.2, 0.25) is 11.7 Å². The summed E-state index contributed by atoms with van der Waals surface area (Å²) in [6, 6.07) is 11.3. The molecule has 0 N–H and O–H groups in total. The molecule has 0 amide bonds. The lowest BCUT2D eigenvalue weighted by atomic mass is 10.1. The van der Waals surface area contributed by atoms with Crippen LogP contribution < -0.4 is 9.47 Å². The molecule has 0 fully saturated rings. The summed E-state index contributed by atoms with van der Waals surface area (Å²) in [7, 11) is 3.41. The third kappa shape index (κ3) is 4.39. The molecule has 12 heteroatoms. The monoisotopic (exact) mass is 445 g/mol. The Balaban J connectivity index is 1.36. The Hall–Kier alpha value is -4.61. The van der Waals surface area contributed by atoms with E-state index < -0.39 is 0 Å². The second-order valence-corrected chi connectivity index (χ2v) is 7.08. The van der Waals surface area contributed by atoms with E-state index in [1.807, 2.05) is 31.3 Å². The first kappa shape index (κ1) is 20.3. The maximum Gasteiger partial charge on any atom is 0.261 e. The van der Waals surface area contributed by atoms with Gasteiger partial charge < -0.3 is 14.0 Å². The molecule has 0 atom stereocenters. The van der Waals surface area contributed by atoms with Crippen molar-refractivity contribution >= 4 is 0 Å². The Bertz CT molecular complexity index is 1360. The minimum Gasteiger partial charge on any atom is -0.497 e. The van der Waals surface area contributed by atoms with Gasteiger partial charge in [-0.1, -0.05) is 23.4 Å². The van der Waals surface area contributed by atoms with Crippen LogP contribution in [0.1, 0.15) is 11.3 Å². The highest BCUT2D eigenvalue weighted by molar-refractivity contribution is 5.61. The Labute approximate surface area is 187 Å². The fourth-order valence-electron chi connectivity index (χ4n) is 3.25. The highest BCUT2D eigenvalue weighted by atomic mass is 16.5. The third-order valence-electron chi connectivity index (χ3n) is 4.94. The number of pyridine rings is 1. The summed E-state index contributed by atoms with van der Waals surface area (Å²) in [5.74, 6) is 1.91. The van der Waals surface area contributed by atoms with Crippen molar-refractivity contribution in [1.82, 2.24) is 45.1 Å². The quantitative estimate of drug-likeness (QED) is 0.350. The molecule has 12 nitrogen and oxygen atoms in total. The fraction of sp³-hybridized carbons (Fsp3) is 0.190. The molecule has 166 valence electrons. The zero-order chi connectivity index (χ0) is 22.6. The highest BCUT2D eigenvalue weighted by Gasteiger charge is 2.19. The number of tetrazole rings is 1. The van der Waals surface area contributed by atoms with Crippen LogP contribution in [0, 0.1) is 0 Å². The van der Waals surface area contributed by atoms with Gasteiger partial charge in [0.05, 0.1) is 31.1 Å². The average molecular weight is 445 g/mol. The molecular formula is C21H19N9O3. The summed E-state index contributed by atoms with van der Waals surface area (Å²) < 4.78 is 19.9. The lowest BCUT2D eigenvalue weighted by molar-refractivity contribution is 0.281. The number of hydrogen-bond donors (Lipinski definition) is 0. The minimum absolute atomic E-state index is 0.213. The van der Waals surface area contributed by atoms with Crippen LogP contribution in [0.3, 0.4) is 0 Å². The number of rotatable bonds is 8. The molecule has 1 aromatic carbocycles. The molecule has 0 aliphatic heterocycles. The van der Waals surface area contributed by atoms with Gasteiger partial charge >= 0.3 is 0 Å². The van der Waals surface area contributed by atoms with Crippen LogP contribution in [-0.2, 0) is 20.2 Å². The Morgan fingerprint density at radius 3 is 2.94 bits per heavy atom. The second kappa shape index (κ2) is 8.86. The van der Waals surface area contributed by atoms with Crippen LogP contribution in [-0.4, -0.2) is 52.2 Å². The number of benzene rings is 1. The first-order valence-corrected chi connectivity index (χ1v) is 9.97. The highest BCUT2D eigenvalue weighted by Crippen LogP contribution is 2.26. The molecule has 0 radical (unpaired) electrons. The van der Waals surface area contributed by atoms with Crippen molar-refractivity contribution in [3.8, 4) is 34.5 Å². The van der Waals surface area contributed by atoms with Crippen molar-refractivity contribution in [3.05, 3.63) is 66.4 Å². The van der Waals surface area contributed by atoms with Gasteiger partial charge in [-0.25, -0.2) is 9.67 Å². The minimum atomic E-state index is 0.213. The normalized spacial score (nSPS) is 11.0. The molecule has 0 unspecified atom stereocenters. The number of hydrogen-bond acceptors (Lipinski definition) is 10. The van der Waals surface area contributed by atoms with Gasteiger partial charge in [0.25, 0.3) is 5.89 Å². The van der Waals surface area contributed by atoms with Gasteiger partial charge in [-0.15, -0.1) is 5.10 Å². The maximum atomic E-state index is 5.83. The number of aromatic nitrogens is 9. The van der Waals surface area contributed by atoms with Crippen LogP contribution in [0.5, 0.6) is 11.6 Å². The summed E-state index contributed by atoms with van der Waals surface area (Å²) in [5, 5.41) is 19.7. The lowest BCUT2D eigenvalue weighted by Gasteiger charge is -2.08. The van der Waals surface area contributed by atoms with Crippen molar-refractivity contribution in [1.29, 1.82) is 0 Å². The molecule has 0 saturated heterocycles. The topological polar surface area (TPSA) is 132 Å². The predicted octanol–water partition coefficient (Wildman–Crippen LogP) is 2.15. The van der Waals surface area contributed by atoms with Crippen LogP contribution in [0.2, 0.25) is 0 Å². The Kier molecular flexibility index (Phi) is 5.45. The number of aryl methyl sites for hydroxylation is 1. The summed E-state index contributed by atoms with van der Waals surface area (Å²) in [6.45, 7) is 0.749.